The van der Waals surface area contributed by atoms with Crippen LogP contribution < -0.4 is 5.32 Å². The number of hydrogen-bond acceptors (Lipinski definition) is 3. The number of carbonyl (C=O) groups excluding carboxylic acids is 1. The van der Waals surface area contributed by atoms with Crippen molar-refractivity contribution in [2.24, 2.45) is 17.8 Å². The van der Waals surface area contributed by atoms with Crippen LogP contribution in [0.3, 0.4) is 0 Å². The Bertz CT molecular complexity index is 317. The molecule has 0 bridgehead atoms. The fourth-order valence-electron chi connectivity index (χ4n) is 2.44. The van der Waals surface area contributed by atoms with Gasteiger partial charge in [-0.15, -0.1) is 0 Å². The maximum atomic E-state index is 12.0. The first kappa shape index (κ1) is 16.0. The van der Waals surface area contributed by atoms with Crippen molar-refractivity contribution in [2.75, 3.05) is 13.2 Å². The summed E-state index contributed by atoms with van der Waals surface area (Å²) in [5, 5.41) is 11.9. The molecule has 0 aromatic heterocycles. The highest BCUT2D eigenvalue weighted by atomic mass is 16.5. The first-order valence-electron chi connectivity index (χ1n) is 7.02. The molecule has 1 amide bonds. The summed E-state index contributed by atoms with van der Waals surface area (Å²) < 4.78 is 5.40. The molecular weight excluding hydrogens is 246 g/mol. The molecule has 0 aromatic carbocycles. The number of ether oxygens (including phenoxy) is 1. The third kappa shape index (κ3) is 5.59. The number of carboxylic acid groups (broad SMARTS) is 1. The number of rotatable bonds is 6. The van der Waals surface area contributed by atoms with E-state index in [0.717, 1.165) is 6.42 Å². The molecule has 0 aromatic rings. The van der Waals surface area contributed by atoms with Crippen LogP contribution in [0, 0.1) is 17.8 Å². The highest BCUT2D eigenvalue weighted by molar-refractivity contribution is 5.79. The lowest BCUT2D eigenvalue weighted by Gasteiger charge is -2.27. The maximum Gasteiger partial charge on any atom is 0.308 e. The Labute approximate surface area is 114 Å². The van der Waals surface area contributed by atoms with Crippen LogP contribution in [0.2, 0.25) is 0 Å². The first-order valence-corrected chi connectivity index (χ1v) is 7.02. The zero-order valence-corrected chi connectivity index (χ0v) is 12.0. The molecule has 0 radical (unpaired) electrons. The lowest BCUT2D eigenvalue weighted by molar-refractivity contribution is -0.142. The van der Waals surface area contributed by atoms with Gasteiger partial charge < -0.3 is 15.2 Å². The lowest BCUT2D eigenvalue weighted by atomic mass is 9.94. The van der Waals surface area contributed by atoms with Gasteiger partial charge in [0.15, 0.2) is 0 Å². The van der Waals surface area contributed by atoms with E-state index >= 15 is 0 Å². The highest BCUT2D eigenvalue weighted by Crippen LogP contribution is 2.20. The standard InChI is InChI=1S/C14H25NO4/c1-9(2)6-12(14(17)18)8-15-13(16)11-4-5-19-10(3)7-11/h9-12H,4-8H2,1-3H3,(H,15,16)(H,17,18). The van der Waals surface area contributed by atoms with Crippen molar-refractivity contribution in [2.45, 2.75) is 46.1 Å². The molecule has 1 saturated heterocycles. The quantitative estimate of drug-likeness (QED) is 0.770. The normalized spacial score (nSPS) is 25.1. The van der Waals surface area contributed by atoms with E-state index in [1.165, 1.54) is 0 Å². The summed E-state index contributed by atoms with van der Waals surface area (Å²) in [6.07, 6.45) is 2.13. The molecule has 0 spiro atoms. The van der Waals surface area contributed by atoms with Crippen molar-refractivity contribution in [1.82, 2.24) is 5.32 Å². The smallest absolute Gasteiger partial charge is 0.308 e. The highest BCUT2D eigenvalue weighted by Gasteiger charge is 2.27. The van der Waals surface area contributed by atoms with Gasteiger partial charge in [-0.3, -0.25) is 9.59 Å². The summed E-state index contributed by atoms with van der Waals surface area (Å²) in [6, 6.07) is 0. The van der Waals surface area contributed by atoms with Gasteiger partial charge in [-0.05, 0) is 32.1 Å². The molecule has 0 aliphatic carbocycles. The van der Waals surface area contributed by atoms with Crippen LogP contribution in [0.15, 0.2) is 0 Å². The Kier molecular flexibility index (Phi) is 6.28. The summed E-state index contributed by atoms with van der Waals surface area (Å²) in [5.41, 5.74) is 0. The molecule has 2 N–H and O–H groups in total. The molecule has 1 rings (SSSR count). The monoisotopic (exact) mass is 271 g/mol. The van der Waals surface area contributed by atoms with Gasteiger partial charge in [0.2, 0.25) is 5.91 Å². The van der Waals surface area contributed by atoms with Crippen molar-refractivity contribution in [3.8, 4) is 0 Å². The van der Waals surface area contributed by atoms with E-state index in [2.05, 4.69) is 5.32 Å². The molecule has 1 heterocycles. The molecule has 1 aliphatic heterocycles. The van der Waals surface area contributed by atoms with E-state index in [4.69, 9.17) is 9.84 Å². The zero-order valence-electron chi connectivity index (χ0n) is 12.0. The largest absolute Gasteiger partial charge is 0.481 e. The van der Waals surface area contributed by atoms with E-state index in [0.29, 0.717) is 25.4 Å². The second-order valence-electron chi connectivity index (χ2n) is 5.81. The van der Waals surface area contributed by atoms with Crippen LogP contribution in [0.5, 0.6) is 0 Å². The van der Waals surface area contributed by atoms with Gasteiger partial charge in [-0.25, -0.2) is 0 Å². The Hall–Kier alpha value is -1.10. The third-order valence-corrected chi connectivity index (χ3v) is 3.48. The zero-order chi connectivity index (χ0) is 14.4. The minimum Gasteiger partial charge on any atom is -0.481 e. The van der Waals surface area contributed by atoms with Crippen LogP contribution in [0.25, 0.3) is 0 Å². The molecular formula is C14H25NO4. The Morgan fingerprint density at radius 2 is 2.11 bits per heavy atom. The van der Waals surface area contributed by atoms with Gasteiger partial charge in [0.05, 0.1) is 12.0 Å². The predicted octanol–water partition coefficient (Wildman–Crippen LogP) is 1.66. The van der Waals surface area contributed by atoms with Crippen molar-refractivity contribution in [1.29, 1.82) is 0 Å². The van der Waals surface area contributed by atoms with Crippen molar-refractivity contribution in [3.63, 3.8) is 0 Å². The maximum absolute atomic E-state index is 12.0. The number of carboxylic acids is 1. The molecule has 1 aliphatic rings. The van der Waals surface area contributed by atoms with Gasteiger partial charge in [0, 0.05) is 19.1 Å². The van der Waals surface area contributed by atoms with E-state index in [1.54, 1.807) is 0 Å². The SMILES string of the molecule is CC(C)CC(CNC(=O)C1CCOC(C)C1)C(=O)O. The van der Waals surface area contributed by atoms with Crippen LogP contribution in [-0.4, -0.2) is 36.2 Å². The van der Waals surface area contributed by atoms with Crippen LogP contribution >= 0.6 is 0 Å². The Morgan fingerprint density at radius 3 is 2.63 bits per heavy atom. The minimum atomic E-state index is -0.839. The second kappa shape index (κ2) is 7.48. The van der Waals surface area contributed by atoms with Gasteiger partial charge in [-0.1, -0.05) is 13.8 Å². The fourth-order valence-corrected chi connectivity index (χ4v) is 2.44. The number of aliphatic carboxylic acids is 1. The molecule has 5 nitrogen and oxygen atoms in total. The Morgan fingerprint density at radius 1 is 1.42 bits per heavy atom. The topological polar surface area (TPSA) is 75.6 Å². The average molecular weight is 271 g/mol. The molecule has 0 saturated carbocycles. The molecule has 19 heavy (non-hydrogen) atoms. The molecule has 110 valence electrons. The summed E-state index contributed by atoms with van der Waals surface area (Å²) in [6.45, 7) is 6.75. The number of hydrogen-bond donors (Lipinski definition) is 2. The third-order valence-electron chi connectivity index (χ3n) is 3.48. The van der Waals surface area contributed by atoms with Crippen LogP contribution in [-0.2, 0) is 14.3 Å². The summed E-state index contributed by atoms with van der Waals surface area (Å²) >= 11 is 0. The van der Waals surface area contributed by atoms with Gasteiger partial charge in [0.1, 0.15) is 0 Å². The Balaban J connectivity index is 2.40. The fraction of sp³-hybridized carbons (Fsp3) is 0.857. The minimum absolute atomic E-state index is 0.0369. The van der Waals surface area contributed by atoms with E-state index in [9.17, 15) is 9.59 Å². The summed E-state index contributed by atoms with van der Waals surface area (Å²) in [5.74, 6) is -1.11. The second-order valence-corrected chi connectivity index (χ2v) is 5.81. The van der Waals surface area contributed by atoms with Crippen molar-refractivity contribution >= 4 is 11.9 Å². The number of amides is 1. The predicted molar refractivity (Wildman–Crippen MR) is 71.7 cm³/mol. The molecule has 3 unspecified atom stereocenters. The van der Waals surface area contributed by atoms with Crippen LogP contribution in [0.1, 0.15) is 40.0 Å². The van der Waals surface area contributed by atoms with Gasteiger partial charge in [0.25, 0.3) is 0 Å². The van der Waals surface area contributed by atoms with E-state index in [-0.39, 0.29) is 24.5 Å². The average Bonchev–Trinajstić information content (AvgIpc) is 2.33. The molecule has 1 fully saturated rings. The summed E-state index contributed by atoms with van der Waals surface area (Å²) in [7, 11) is 0. The van der Waals surface area contributed by atoms with Gasteiger partial charge >= 0.3 is 5.97 Å². The first-order chi connectivity index (χ1) is 8.90. The van der Waals surface area contributed by atoms with Crippen molar-refractivity contribution < 1.29 is 19.4 Å². The van der Waals surface area contributed by atoms with Crippen LogP contribution in [0.4, 0.5) is 0 Å². The van der Waals surface area contributed by atoms with Gasteiger partial charge in [-0.2, -0.15) is 0 Å². The molecule has 5 heteroatoms. The lowest BCUT2D eigenvalue weighted by Crippen LogP contribution is -2.40. The number of carbonyl (C=O) groups is 2. The summed E-state index contributed by atoms with van der Waals surface area (Å²) in [4.78, 5) is 23.1. The van der Waals surface area contributed by atoms with E-state index in [1.807, 2.05) is 20.8 Å². The van der Waals surface area contributed by atoms with Crippen molar-refractivity contribution in [3.05, 3.63) is 0 Å². The van der Waals surface area contributed by atoms with E-state index < -0.39 is 11.9 Å². The molecule has 3 atom stereocenters. The number of nitrogens with one attached hydrogen (secondary N) is 1.